The Morgan fingerprint density at radius 3 is 1.34 bits per heavy atom. The van der Waals surface area contributed by atoms with Gasteiger partial charge in [0.05, 0.1) is 32.3 Å². The Morgan fingerprint density at radius 1 is 0.603 bits per heavy atom. The second-order valence-electron chi connectivity index (χ2n) is 14.1. The minimum Gasteiger partial charge on any atom is -0.465 e. The van der Waals surface area contributed by atoms with Crippen LogP contribution in [0.15, 0.2) is 97.1 Å². The summed E-state index contributed by atoms with van der Waals surface area (Å²) in [5, 5.41) is 0. The second kappa shape index (κ2) is 21.2. The van der Waals surface area contributed by atoms with Crippen LogP contribution in [-0.4, -0.2) is 123 Å². The number of nitrogens with two attached hydrogens (primary N) is 1. The van der Waals surface area contributed by atoms with Gasteiger partial charge in [0.25, 0.3) is 0 Å². The van der Waals surface area contributed by atoms with Crippen molar-refractivity contribution in [2.24, 2.45) is 5.73 Å². The zero-order valence-corrected chi connectivity index (χ0v) is 33.5. The fourth-order valence-corrected chi connectivity index (χ4v) is 6.82. The zero-order chi connectivity index (χ0) is 41.6. The average Bonchev–Trinajstić information content (AvgIpc) is 3.27. The average molecular weight is 798 g/mol. The molecule has 2 N–H and O–H groups in total. The number of ketones is 1. The van der Waals surface area contributed by atoms with Crippen molar-refractivity contribution in [2.45, 2.75) is 26.9 Å². The van der Waals surface area contributed by atoms with Crippen LogP contribution in [0.5, 0.6) is 0 Å². The van der Waals surface area contributed by atoms with E-state index in [1.165, 1.54) is 31.4 Å². The summed E-state index contributed by atoms with van der Waals surface area (Å²) in [5.41, 5.74) is 9.09. The van der Waals surface area contributed by atoms with Gasteiger partial charge in [-0.15, -0.1) is 0 Å². The molecule has 0 unspecified atom stereocenters. The lowest BCUT2D eigenvalue weighted by molar-refractivity contribution is 0.0600. The third-order valence-electron chi connectivity index (χ3n) is 10.4. The fourth-order valence-electron chi connectivity index (χ4n) is 6.82. The molecular weight excluding hydrogens is 745 g/mol. The van der Waals surface area contributed by atoms with Crippen LogP contribution >= 0.6 is 0 Å². The Kier molecular flexibility index (Phi) is 15.8. The number of rotatable bonds is 11. The molecule has 0 aliphatic carbocycles. The Morgan fingerprint density at radius 2 is 1.00 bits per heavy atom. The number of halogens is 2. The number of likely N-dealkylation sites (N-methyl/N-ethyl adjacent to an activating group) is 2. The van der Waals surface area contributed by atoms with Crippen molar-refractivity contribution in [3.8, 4) is 0 Å². The van der Waals surface area contributed by atoms with Gasteiger partial charge in [0.2, 0.25) is 0 Å². The molecule has 0 saturated carbocycles. The molecule has 6 rings (SSSR count). The van der Waals surface area contributed by atoms with Crippen LogP contribution < -0.4 is 15.5 Å². The smallest absolute Gasteiger partial charge is 0.337 e. The molecule has 2 aliphatic heterocycles. The number of carbonyl (C=O) groups excluding carboxylic acids is 4. The molecule has 0 aromatic heterocycles. The van der Waals surface area contributed by atoms with E-state index in [1.807, 2.05) is 4.90 Å². The minimum atomic E-state index is -0.414. The van der Waals surface area contributed by atoms with Crippen LogP contribution in [0.1, 0.15) is 45.7 Å². The number of urea groups is 2. The SMILES string of the molecule is CCN1CCN(C(=O)N(Cc2ccc(C(=O)CN)cc2)c2cccc(F)c2)CC1.CCN1CCN(C(=O)N(Cc2ccc(C(=O)OC)cc2)c2cccc(F)c2)CC1. The molecule has 0 radical (unpaired) electrons. The van der Waals surface area contributed by atoms with E-state index in [2.05, 4.69) is 23.6 Å². The van der Waals surface area contributed by atoms with Crippen molar-refractivity contribution in [3.63, 3.8) is 0 Å². The van der Waals surface area contributed by atoms with Gasteiger partial charge in [-0.2, -0.15) is 0 Å². The normalized spacial score (nSPS) is 14.6. The molecule has 4 aromatic carbocycles. The number of carbonyl (C=O) groups is 4. The van der Waals surface area contributed by atoms with Crippen molar-refractivity contribution >= 4 is 35.2 Å². The number of hydrogen-bond acceptors (Lipinski definition) is 8. The highest BCUT2D eigenvalue weighted by Gasteiger charge is 2.28. The van der Waals surface area contributed by atoms with Crippen molar-refractivity contribution in [1.29, 1.82) is 0 Å². The number of nitrogens with zero attached hydrogens (tertiary/aromatic N) is 6. The summed E-state index contributed by atoms with van der Waals surface area (Å²) >= 11 is 0. The predicted molar refractivity (Wildman–Crippen MR) is 221 cm³/mol. The fraction of sp³-hybridized carbons (Fsp3) is 0.364. The zero-order valence-electron chi connectivity index (χ0n) is 33.5. The van der Waals surface area contributed by atoms with E-state index in [9.17, 15) is 28.0 Å². The van der Waals surface area contributed by atoms with Gasteiger partial charge in [-0.3, -0.25) is 14.6 Å². The van der Waals surface area contributed by atoms with Gasteiger partial charge in [0.15, 0.2) is 5.78 Å². The lowest BCUT2D eigenvalue weighted by atomic mass is 10.1. The predicted octanol–water partition coefficient (Wildman–Crippen LogP) is 6.11. The lowest BCUT2D eigenvalue weighted by Crippen LogP contribution is -2.52. The van der Waals surface area contributed by atoms with Crippen molar-refractivity contribution in [3.05, 3.63) is 131 Å². The number of esters is 1. The maximum absolute atomic E-state index is 13.8. The Labute approximate surface area is 339 Å². The number of Topliss-reactive ketones (excluding diaryl/α,β-unsaturated/α-hetero) is 1. The molecule has 2 saturated heterocycles. The van der Waals surface area contributed by atoms with Crippen LogP contribution in [0.2, 0.25) is 0 Å². The summed E-state index contributed by atoms with van der Waals surface area (Å²) in [6.07, 6.45) is 0. The number of hydrogen-bond donors (Lipinski definition) is 1. The summed E-state index contributed by atoms with van der Waals surface area (Å²) in [7, 11) is 1.33. The summed E-state index contributed by atoms with van der Waals surface area (Å²) in [6.45, 7) is 12.5. The Balaban J connectivity index is 0.000000221. The summed E-state index contributed by atoms with van der Waals surface area (Å²) in [4.78, 5) is 61.3. The molecule has 0 bridgehead atoms. The van der Waals surface area contributed by atoms with Gasteiger partial charge in [-0.05, 0) is 72.7 Å². The summed E-state index contributed by atoms with van der Waals surface area (Å²) < 4.78 is 32.4. The van der Waals surface area contributed by atoms with Crippen LogP contribution in [0, 0.1) is 11.6 Å². The van der Waals surface area contributed by atoms with Gasteiger partial charge in [0.1, 0.15) is 11.6 Å². The number of methoxy groups -OCH3 is 1. The van der Waals surface area contributed by atoms with Gasteiger partial charge in [-0.1, -0.05) is 62.4 Å². The lowest BCUT2D eigenvalue weighted by Gasteiger charge is -2.37. The molecule has 308 valence electrons. The summed E-state index contributed by atoms with van der Waals surface area (Å²) in [5.74, 6) is -1.33. The molecule has 4 amide bonds. The van der Waals surface area contributed by atoms with Gasteiger partial charge < -0.3 is 30.1 Å². The van der Waals surface area contributed by atoms with Crippen molar-refractivity contribution in [1.82, 2.24) is 19.6 Å². The monoisotopic (exact) mass is 797 g/mol. The first-order valence-electron chi connectivity index (χ1n) is 19.6. The first kappa shape index (κ1) is 43.4. The van der Waals surface area contributed by atoms with E-state index in [-0.39, 0.29) is 43.3 Å². The third-order valence-corrected chi connectivity index (χ3v) is 10.4. The Hall–Kier alpha value is -5.70. The Bertz CT molecular complexity index is 1840. The second-order valence-corrected chi connectivity index (χ2v) is 14.1. The van der Waals surface area contributed by atoms with Crippen molar-refractivity contribution in [2.75, 3.05) is 88.9 Å². The molecular formula is C44H53F2N7O5. The van der Waals surface area contributed by atoms with Crippen LogP contribution in [0.4, 0.5) is 29.7 Å². The molecule has 2 heterocycles. The quantitative estimate of drug-likeness (QED) is 0.143. The molecule has 14 heteroatoms. The molecule has 58 heavy (non-hydrogen) atoms. The van der Waals surface area contributed by atoms with E-state index in [0.29, 0.717) is 48.7 Å². The van der Waals surface area contributed by atoms with E-state index in [0.717, 1.165) is 50.4 Å². The number of ether oxygens (including phenoxy) is 1. The third kappa shape index (κ3) is 11.7. The highest BCUT2D eigenvalue weighted by atomic mass is 19.1. The molecule has 0 spiro atoms. The van der Waals surface area contributed by atoms with Crippen LogP contribution in [0.25, 0.3) is 0 Å². The maximum Gasteiger partial charge on any atom is 0.337 e. The molecule has 4 aromatic rings. The number of piperazine rings is 2. The van der Waals surface area contributed by atoms with E-state index in [1.54, 1.807) is 87.5 Å². The van der Waals surface area contributed by atoms with Gasteiger partial charge in [-0.25, -0.2) is 23.2 Å². The van der Waals surface area contributed by atoms with E-state index in [4.69, 9.17) is 10.5 Å². The number of anilines is 2. The minimum absolute atomic E-state index is 0.0447. The molecule has 0 atom stereocenters. The molecule has 2 fully saturated rings. The van der Waals surface area contributed by atoms with E-state index >= 15 is 0 Å². The summed E-state index contributed by atoms with van der Waals surface area (Å²) in [6, 6.07) is 25.7. The van der Waals surface area contributed by atoms with Gasteiger partial charge in [0, 0.05) is 69.3 Å². The first-order valence-corrected chi connectivity index (χ1v) is 19.6. The molecule has 12 nitrogen and oxygen atoms in total. The van der Waals surface area contributed by atoms with E-state index < -0.39 is 11.8 Å². The van der Waals surface area contributed by atoms with Crippen LogP contribution in [0.3, 0.4) is 0 Å². The highest BCUT2D eigenvalue weighted by Crippen LogP contribution is 2.23. The first-order chi connectivity index (χ1) is 28.0. The van der Waals surface area contributed by atoms with Crippen LogP contribution in [-0.2, 0) is 17.8 Å². The number of benzene rings is 4. The maximum atomic E-state index is 13.8. The highest BCUT2D eigenvalue weighted by molar-refractivity contribution is 5.97. The standard InChI is InChI=1S/C22H27FN4O2.C22H26FN3O3/c1-2-25-10-12-26(13-11-25)22(29)27(20-5-3-4-19(23)14-20)16-17-6-8-18(9-7-17)21(28)15-24;1-3-24-11-13-25(14-12-24)22(28)26(20-6-4-5-19(23)15-20)16-17-7-9-18(10-8-17)21(27)29-2/h3-9,14H,2,10-13,15-16,24H2,1H3;4-10,15H,3,11-14,16H2,1-2H3. The largest absolute Gasteiger partial charge is 0.465 e. The molecule has 2 aliphatic rings. The number of amides is 4. The van der Waals surface area contributed by atoms with Gasteiger partial charge >= 0.3 is 18.0 Å². The van der Waals surface area contributed by atoms with Crippen molar-refractivity contribution < 1.29 is 32.7 Å². The topological polar surface area (TPSA) is 123 Å².